The van der Waals surface area contributed by atoms with Gasteiger partial charge in [-0.25, -0.2) is 8.78 Å². The number of benzene rings is 1. The first kappa shape index (κ1) is 12.8. The quantitative estimate of drug-likeness (QED) is 0.806. The molecule has 120 valence electrons. The van der Waals surface area contributed by atoms with Crippen LogP contribution in [0, 0.1) is 33.8 Å². The van der Waals surface area contributed by atoms with Gasteiger partial charge in [-0.1, -0.05) is 20.8 Å². The zero-order valence-corrected chi connectivity index (χ0v) is 13.3. The topological polar surface area (TPSA) is 27.8 Å². The maximum absolute atomic E-state index is 14.2. The monoisotopic (exact) mass is 316 g/mol. The Labute approximate surface area is 133 Å². The van der Waals surface area contributed by atoms with Gasteiger partial charge in [-0.3, -0.25) is 10.4 Å². The van der Waals surface area contributed by atoms with E-state index in [1.54, 1.807) is 5.01 Å². The molecule has 0 radical (unpaired) electrons. The van der Waals surface area contributed by atoms with Gasteiger partial charge in [0.1, 0.15) is 11.9 Å². The molecule has 0 bridgehead atoms. The third-order valence-electron chi connectivity index (χ3n) is 7.75. The first-order valence-electron chi connectivity index (χ1n) is 8.25. The number of anilines is 1. The van der Waals surface area contributed by atoms with Crippen molar-refractivity contribution < 1.29 is 13.5 Å². The SMILES string of the molecule is CC1(C)C23C[C@H]2C2=C(NN(c4ccc(F)cc4F)C4OC24)[C@]13C. The van der Waals surface area contributed by atoms with Gasteiger partial charge in [-0.05, 0) is 40.9 Å². The fraction of sp³-hybridized carbons (Fsp3) is 0.556. The largest absolute Gasteiger partial charge is 0.341 e. The Balaban J connectivity index is 1.45. The molecule has 1 aromatic carbocycles. The Kier molecular flexibility index (Phi) is 1.74. The number of halogens is 2. The van der Waals surface area contributed by atoms with Gasteiger partial charge in [0.2, 0.25) is 0 Å². The normalized spacial score (nSPS) is 46.5. The van der Waals surface area contributed by atoms with Crippen LogP contribution in [0.3, 0.4) is 0 Å². The summed E-state index contributed by atoms with van der Waals surface area (Å²) in [5.41, 5.74) is 7.20. The Morgan fingerprint density at radius 1 is 1.26 bits per heavy atom. The van der Waals surface area contributed by atoms with Crippen molar-refractivity contribution in [3.63, 3.8) is 0 Å². The summed E-state index contributed by atoms with van der Waals surface area (Å²) in [7, 11) is 0. The number of allylic oxidation sites excluding steroid dienone is 1. The van der Waals surface area contributed by atoms with E-state index in [1.807, 2.05) is 0 Å². The summed E-state index contributed by atoms with van der Waals surface area (Å²) < 4.78 is 33.3. The van der Waals surface area contributed by atoms with Crippen LogP contribution in [0.4, 0.5) is 14.5 Å². The summed E-state index contributed by atoms with van der Waals surface area (Å²) in [6.45, 7) is 6.99. The molecule has 3 nitrogen and oxygen atoms in total. The molecule has 2 aliphatic heterocycles. The van der Waals surface area contributed by atoms with Crippen molar-refractivity contribution in [2.24, 2.45) is 22.2 Å². The molecule has 1 aromatic rings. The van der Waals surface area contributed by atoms with Crippen molar-refractivity contribution in [1.29, 1.82) is 0 Å². The molecule has 1 N–H and O–H groups in total. The Bertz CT molecular complexity index is 834. The van der Waals surface area contributed by atoms with E-state index in [4.69, 9.17) is 4.74 Å². The molecular formula is C18H18F2N2O. The van der Waals surface area contributed by atoms with Crippen molar-refractivity contribution in [2.45, 2.75) is 39.5 Å². The number of hydrazine groups is 1. The molecule has 3 unspecified atom stereocenters. The van der Waals surface area contributed by atoms with Crippen LogP contribution in [0.5, 0.6) is 0 Å². The van der Waals surface area contributed by atoms with E-state index in [2.05, 4.69) is 26.2 Å². The molecule has 5 atom stereocenters. The summed E-state index contributed by atoms with van der Waals surface area (Å²) in [6.07, 6.45) is 1.16. The fourth-order valence-electron chi connectivity index (χ4n) is 6.22. The molecule has 3 aliphatic carbocycles. The molecule has 0 amide bonds. The van der Waals surface area contributed by atoms with Gasteiger partial charge in [0.15, 0.2) is 12.0 Å². The first-order valence-corrected chi connectivity index (χ1v) is 8.25. The number of nitrogens with zero attached hydrogens (tertiary/aromatic N) is 1. The van der Waals surface area contributed by atoms with E-state index in [1.165, 1.54) is 29.8 Å². The predicted octanol–water partition coefficient (Wildman–Crippen LogP) is 3.33. The molecule has 1 saturated heterocycles. The van der Waals surface area contributed by atoms with Crippen LogP contribution in [0.2, 0.25) is 0 Å². The van der Waals surface area contributed by atoms with Crippen molar-refractivity contribution in [1.82, 2.24) is 5.43 Å². The van der Waals surface area contributed by atoms with E-state index in [9.17, 15) is 8.78 Å². The van der Waals surface area contributed by atoms with Gasteiger partial charge in [-0.15, -0.1) is 0 Å². The van der Waals surface area contributed by atoms with Crippen molar-refractivity contribution in [3.8, 4) is 0 Å². The summed E-state index contributed by atoms with van der Waals surface area (Å²) in [5, 5.41) is 1.75. The van der Waals surface area contributed by atoms with Gasteiger partial charge in [0.05, 0.1) is 5.69 Å². The third kappa shape index (κ3) is 1.04. The summed E-state index contributed by atoms with van der Waals surface area (Å²) in [4.78, 5) is 0. The van der Waals surface area contributed by atoms with Crippen molar-refractivity contribution in [2.75, 3.05) is 5.01 Å². The average molecular weight is 316 g/mol. The van der Waals surface area contributed by atoms with Crippen LogP contribution in [-0.4, -0.2) is 12.3 Å². The standard InChI is InChI=1S/C18H18F2N2O/c1-16(2)17(3)14-12(9-7-18(9,16)17)13-15(23-13)22(21-14)11-5-4-8(19)6-10(11)20/h4-6,9,13,15,21H,7H2,1-3H3/t9-,13?,15?,17+,18?/m0/s1. The van der Waals surface area contributed by atoms with Crippen LogP contribution >= 0.6 is 0 Å². The molecule has 6 rings (SSSR count). The third-order valence-corrected chi connectivity index (χ3v) is 7.75. The second-order valence-corrected chi connectivity index (χ2v) is 8.33. The highest BCUT2D eigenvalue weighted by Crippen LogP contribution is 2.98. The minimum atomic E-state index is -0.562. The van der Waals surface area contributed by atoms with Gasteiger partial charge in [-0.2, -0.15) is 0 Å². The van der Waals surface area contributed by atoms with E-state index in [0.717, 1.165) is 6.07 Å². The molecule has 23 heavy (non-hydrogen) atoms. The van der Waals surface area contributed by atoms with E-state index in [0.29, 0.717) is 17.0 Å². The predicted molar refractivity (Wildman–Crippen MR) is 80.1 cm³/mol. The maximum Gasteiger partial charge on any atom is 0.179 e. The minimum absolute atomic E-state index is 0.0699. The molecule has 5 heteroatoms. The summed E-state index contributed by atoms with van der Waals surface area (Å²) >= 11 is 0. The fourth-order valence-corrected chi connectivity index (χ4v) is 6.22. The molecule has 5 aliphatic rings. The second kappa shape index (κ2) is 3.14. The lowest BCUT2D eigenvalue weighted by Gasteiger charge is -2.34. The lowest BCUT2D eigenvalue weighted by Crippen LogP contribution is -2.47. The van der Waals surface area contributed by atoms with E-state index in [-0.39, 0.29) is 23.2 Å². The Hall–Kier alpha value is -1.62. The molecule has 2 saturated carbocycles. The van der Waals surface area contributed by atoms with Crippen LogP contribution in [0.15, 0.2) is 29.5 Å². The zero-order chi connectivity index (χ0) is 15.9. The van der Waals surface area contributed by atoms with E-state index >= 15 is 0 Å². The lowest BCUT2D eigenvalue weighted by molar-refractivity contribution is 0.367. The Morgan fingerprint density at radius 2 is 2.04 bits per heavy atom. The zero-order valence-electron chi connectivity index (χ0n) is 13.3. The minimum Gasteiger partial charge on any atom is -0.341 e. The highest BCUT2D eigenvalue weighted by Gasteiger charge is 2.95. The van der Waals surface area contributed by atoms with Crippen LogP contribution in [0.1, 0.15) is 27.2 Å². The highest BCUT2D eigenvalue weighted by atomic mass is 19.1. The number of hydrogen-bond acceptors (Lipinski definition) is 3. The number of rotatable bonds is 1. The van der Waals surface area contributed by atoms with Crippen LogP contribution < -0.4 is 10.4 Å². The van der Waals surface area contributed by atoms with Crippen molar-refractivity contribution >= 4 is 5.69 Å². The maximum atomic E-state index is 14.2. The number of ether oxygens (including phenoxy) is 1. The Morgan fingerprint density at radius 3 is 2.78 bits per heavy atom. The lowest BCUT2D eigenvalue weighted by atomic mass is 9.89. The number of epoxide rings is 1. The molecule has 3 fully saturated rings. The smallest absolute Gasteiger partial charge is 0.179 e. The number of nitrogens with one attached hydrogen (secondary N) is 1. The first-order chi connectivity index (χ1) is 10.8. The molecule has 0 aromatic heterocycles. The number of hydrogen-bond donors (Lipinski definition) is 1. The van der Waals surface area contributed by atoms with Gasteiger partial charge in [0, 0.05) is 17.2 Å². The average Bonchev–Trinajstić information content (AvgIpc) is 3.39. The summed E-state index contributed by atoms with van der Waals surface area (Å²) in [6, 6.07) is 3.69. The molecule has 2 heterocycles. The highest BCUT2D eigenvalue weighted by molar-refractivity contribution is 5.63. The molecular weight excluding hydrogens is 298 g/mol. The van der Waals surface area contributed by atoms with Crippen LogP contribution in [0.25, 0.3) is 0 Å². The molecule has 1 spiro atoms. The van der Waals surface area contributed by atoms with Gasteiger partial charge in [0.25, 0.3) is 0 Å². The van der Waals surface area contributed by atoms with E-state index < -0.39 is 11.6 Å². The van der Waals surface area contributed by atoms with Gasteiger partial charge >= 0.3 is 0 Å². The second-order valence-electron chi connectivity index (χ2n) is 8.33. The van der Waals surface area contributed by atoms with Crippen molar-refractivity contribution in [3.05, 3.63) is 41.1 Å². The summed E-state index contributed by atoms with van der Waals surface area (Å²) in [5.74, 6) is -0.498. The van der Waals surface area contributed by atoms with Crippen LogP contribution in [-0.2, 0) is 4.74 Å². The number of fused-ring (bicyclic) bond motifs is 4. The van der Waals surface area contributed by atoms with Gasteiger partial charge < -0.3 is 4.74 Å².